The van der Waals surface area contributed by atoms with Gasteiger partial charge in [-0.25, -0.2) is 13.7 Å². The second-order valence-corrected chi connectivity index (χ2v) is 5.22. The summed E-state index contributed by atoms with van der Waals surface area (Å²) < 4.78 is 31.1. The van der Waals surface area contributed by atoms with Crippen LogP contribution in [-0.4, -0.2) is 152 Å². The predicted molar refractivity (Wildman–Crippen MR) is 68.0 cm³/mol. The average molecular weight is 372 g/mol. The Morgan fingerprint density at radius 1 is 0.556 bits per heavy atom. The van der Waals surface area contributed by atoms with Crippen LogP contribution in [0.25, 0.3) is 0 Å². The van der Waals surface area contributed by atoms with E-state index in [1.165, 1.54) is 0 Å². The van der Waals surface area contributed by atoms with Crippen molar-refractivity contribution in [3.63, 3.8) is 0 Å². The topological polar surface area (TPSA) is 202 Å². The van der Waals surface area contributed by atoms with Gasteiger partial charge in [0.1, 0.15) is 0 Å². The van der Waals surface area contributed by atoms with Crippen molar-refractivity contribution in [2.45, 2.75) is 0 Å². The van der Waals surface area contributed by atoms with E-state index in [2.05, 4.69) is 4.31 Å². The maximum atomic E-state index is 9.63. The van der Waals surface area contributed by atoms with E-state index in [1.54, 1.807) is 0 Å². The molecular formula is H11Na4O11P3. The van der Waals surface area contributed by atoms with E-state index in [-0.39, 0.29) is 118 Å². The van der Waals surface area contributed by atoms with Crippen molar-refractivity contribution in [3.05, 3.63) is 0 Å². The fraction of sp³-hybridized carbons (Fsp3) is 0. The molecule has 0 saturated heterocycles. The Hall–Kier alpha value is 4.37. The molecule has 11 nitrogen and oxygen atoms in total. The van der Waals surface area contributed by atoms with Gasteiger partial charge in [-0.2, -0.15) is 4.31 Å². The summed E-state index contributed by atoms with van der Waals surface area (Å²) in [4.78, 5) is 52.6. The molecule has 0 rings (SSSR count). The summed E-state index contributed by atoms with van der Waals surface area (Å²) in [5, 5.41) is 0. The summed E-state index contributed by atoms with van der Waals surface area (Å²) in [6, 6.07) is 0. The third kappa shape index (κ3) is 71.1. The first kappa shape index (κ1) is 38.1. The average Bonchev–Trinajstić information content (AvgIpc) is 1.42. The molecule has 0 aromatic rings. The summed E-state index contributed by atoms with van der Waals surface area (Å²) in [7, 11) is -14.7. The number of rotatable bonds is 2. The van der Waals surface area contributed by atoms with Gasteiger partial charge in [0.15, 0.2) is 0 Å². The quantitative estimate of drug-likeness (QED) is 0.182. The number of phosphoric acid groups is 3. The molecule has 0 heterocycles. The van der Waals surface area contributed by atoms with Crippen LogP contribution in [0, 0.1) is 0 Å². The Morgan fingerprint density at radius 2 is 0.667 bits per heavy atom. The van der Waals surface area contributed by atoms with Crippen LogP contribution in [0.15, 0.2) is 0 Å². The molecule has 18 heavy (non-hydrogen) atoms. The SMILES string of the molecule is O=P(O)(O)O.O=P(O)(O)OP(=O)(O)O.[NaH].[NaH].[NaH].[NaH]. The second kappa shape index (κ2) is 16.2. The first-order chi connectivity index (χ1) is 5.71. The fourth-order valence-corrected chi connectivity index (χ4v) is 1.25. The van der Waals surface area contributed by atoms with E-state index >= 15 is 0 Å². The standard InChI is InChI=1S/4Na.H4O7P2.H3O4P.4H/c;;;;1-8(2,3)7-9(4,5)6;1-5(2,3)4;;;;/h;;;;(H2,1,2,3)(H2,4,5,6);(H3,1,2,3,4);;;;. The molecule has 0 radical (unpaired) electrons. The molecule has 0 aromatic carbocycles. The molecule has 0 unspecified atom stereocenters. The molecule has 0 spiro atoms. The zero-order valence-electron chi connectivity index (χ0n) is 6.11. The van der Waals surface area contributed by atoms with Gasteiger partial charge in [0.25, 0.3) is 0 Å². The van der Waals surface area contributed by atoms with Crippen LogP contribution in [0.3, 0.4) is 0 Å². The summed E-state index contributed by atoms with van der Waals surface area (Å²) in [6.07, 6.45) is 0. The Morgan fingerprint density at radius 3 is 0.667 bits per heavy atom. The molecule has 0 atom stereocenters. The Bertz CT molecular complexity index is 267. The van der Waals surface area contributed by atoms with Crippen LogP contribution in [0.2, 0.25) is 0 Å². The summed E-state index contributed by atoms with van der Waals surface area (Å²) >= 11 is 0. The van der Waals surface area contributed by atoms with Gasteiger partial charge in [-0.15, -0.1) is 0 Å². The second-order valence-electron chi connectivity index (χ2n) is 1.58. The van der Waals surface area contributed by atoms with E-state index in [1.807, 2.05) is 0 Å². The van der Waals surface area contributed by atoms with Gasteiger partial charge in [0, 0.05) is 0 Å². The van der Waals surface area contributed by atoms with Crippen LogP contribution < -0.4 is 0 Å². The van der Waals surface area contributed by atoms with Crippen LogP contribution in [0.4, 0.5) is 0 Å². The summed E-state index contributed by atoms with van der Waals surface area (Å²) in [5.41, 5.74) is 0. The van der Waals surface area contributed by atoms with Gasteiger partial charge in [-0.3, -0.25) is 0 Å². The van der Waals surface area contributed by atoms with Gasteiger partial charge < -0.3 is 34.3 Å². The molecule has 0 amide bonds. The molecule has 96 valence electrons. The zero-order chi connectivity index (χ0) is 12.2. The molecule has 0 aromatic heterocycles. The van der Waals surface area contributed by atoms with Crippen molar-refractivity contribution in [3.8, 4) is 0 Å². The van der Waals surface area contributed by atoms with Crippen molar-refractivity contribution in [2.75, 3.05) is 0 Å². The third-order valence-electron chi connectivity index (χ3n) is 0.213. The van der Waals surface area contributed by atoms with E-state index in [4.69, 9.17) is 38.8 Å². The van der Waals surface area contributed by atoms with Crippen LogP contribution >= 0.6 is 23.5 Å². The third-order valence-corrected chi connectivity index (χ3v) is 1.91. The molecule has 0 fully saturated rings. The monoisotopic (exact) mass is 372 g/mol. The van der Waals surface area contributed by atoms with Gasteiger partial charge in [-0.05, 0) is 0 Å². The Balaban J connectivity index is -0.0000000359. The number of hydrogen-bond donors (Lipinski definition) is 7. The molecule has 18 heteroatoms. The van der Waals surface area contributed by atoms with Crippen molar-refractivity contribution < 1.29 is 52.3 Å². The van der Waals surface area contributed by atoms with Crippen LogP contribution in [0.5, 0.6) is 0 Å². The zero-order valence-corrected chi connectivity index (χ0v) is 8.79. The van der Waals surface area contributed by atoms with E-state index in [0.29, 0.717) is 0 Å². The van der Waals surface area contributed by atoms with Crippen molar-refractivity contribution in [1.82, 2.24) is 0 Å². The predicted octanol–water partition coefficient (Wildman–Crippen LogP) is -4.33. The van der Waals surface area contributed by atoms with Gasteiger partial charge >= 0.3 is 142 Å². The van der Waals surface area contributed by atoms with Gasteiger partial charge in [0.05, 0.1) is 0 Å². The molecule has 0 aliphatic rings. The van der Waals surface area contributed by atoms with E-state index in [9.17, 15) is 9.13 Å². The van der Waals surface area contributed by atoms with Gasteiger partial charge in [0.2, 0.25) is 0 Å². The van der Waals surface area contributed by atoms with Crippen LogP contribution in [0.1, 0.15) is 0 Å². The summed E-state index contributed by atoms with van der Waals surface area (Å²) in [5.74, 6) is 0. The Labute approximate surface area is 190 Å². The van der Waals surface area contributed by atoms with E-state index in [0.717, 1.165) is 0 Å². The van der Waals surface area contributed by atoms with E-state index < -0.39 is 23.5 Å². The minimum atomic E-state index is -5.05. The number of hydrogen-bond acceptors (Lipinski definition) is 4. The maximum absolute atomic E-state index is 9.63. The summed E-state index contributed by atoms with van der Waals surface area (Å²) in [6.45, 7) is 0. The van der Waals surface area contributed by atoms with Crippen molar-refractivity contribution in [2.24, 2.45) is 0 Å². The first-order valence-corrected chi connectivity index (χ1v) is 6.94. The van der Waals surface area contributed by atoms with Gasteiger partial charge in [-0.1, -0.05) is 0 Å². The molecule has 0 saturated carbocycles. The molecule has 0 aliphatic carbocycles. The molecular weight excluding hydrogens is 361 g/mol. The molecule has 0 bridgehead atoms. The molecule has 0 aliphatic heterocycles. The van der Waals surface area contributed by atoms with Crippen LogP contribution in [-0.2, 0) is 18.0 Å². The van der Waals surface area contributed by atoms with Crippen molar-refractivity contribution in [1.29, 1.82) is 0 Å². The van der Waals surface area contributed by atoms with Crippen molar-refractivity contribution >= 4 is 142 Å². The minimum absolute atomic E-state index is 0. The normalized spacial score (nSPS) is 10.2. The first-order valence-electron chi connectivity index (χ1n) is 2.31. The fourth-order valence-electron chi connectivity index (χ4n) is 0.139. The molecule has 7 N–H and O–H groups in total. The Kier molecular flexibility index (Phi) is 34.4.